The molecular weight excluding hydrogens is 356 g/mol. The van der Waals surface area contributed by atoms with E-state index in [1.165, 1.54) is 9.80 Å². The van der Waals surface area contributed by atoms with Crippen LogP contribution in [0.4, 0.5) is 5.69 Å². The molecule has 2 saturated heterocycles. The number of hydrogen-bond acceptors (Lipinski definition) is 3. The van der Waals surface area contributed by atoms with Crippen LogP contribution in [0.2, 0.25) is 0 Å². The molecule has 2 aliphatic heterocycles. The first-order valence-electron chi connectivity index (χ1n) is 10.6. The van der Waals surface area contributed by atoms with Gasteiger partial charge in [-0.2, -0.15) is 0 Å². The number of carbonyl (C=O) groups is 2. The molecule has 0 saturated carbocycles. The smallest absolute Gasteiger partial charge is 0.279 e. The Balaban J connectivity index is 1.34. The highest BCUT2D eigenvalue weighted by Gasteiger charge is 2.27. The normalized spacial score (nSPS) is 24.7. The van der Waals surface area contributed by atoms with Crippen LogP contribution in [0.25, 0.3) is 0 Å². The van der Waals surface area contributed by atoms with E-state index in [1.54, 1.807) is 0 Å². The van der Waals surface area contributed by atoms with E-state index in [9.17, 15) is 9.59 Å². The maximum absolute atomic E-state index is 12.4. The Labute approximate surface area is 167 Å². The Bertz CT molecular complexity index is 653. The minimum Gasteiger partial charge on any atom is -0.376 e. The van der Waals surface area contributed by atoms with Crippen molar-refractivity contribution in [2.24, 2.45) is 0 Å². The minimum absolute atomic E-state index is 0.0636. The molecule has 0 bridgehead atoms. The number of ether oxygens (including phenoxy) is 1. The molecule has 2 aliphatic rings. The molecule has 0 aliphatic carbocycles. The van der Waals surface area contributed by atoms with Crippen molar-refractivity contribution >= 4 is 17.5 Å². The highest BCUT2D eigenvalue weighted by molar-refractivity contribution is 5.92. The number of quaternary nitrogens is 2. The lowest BCUT2D eigenvalue weighted by Crippen LogP contribution is -3.28. The molecule has 1 atom stereocenters. The number of amides is 2. The molecule has 7 heteroatoms. The van der Waals surface area contributed by atoms with Crippen molar-refractivity contribution in [1.82, 2.24) is 5.32 Å². The second-order valence-electron chi connectivity index (χ2n) is 7.85. The summed E-state index contributed by atoms with van der Waals surface area (Å²) in [6.07, 6.45) is 3.23. The van der Waals surface area contributed by atoms with Crippen molar-refractivity contribution < 1.29 is 24.1 Å². The zero-order valence-electron chi connectivity index (χ0n) is 16.9. The predicted octanol–water partition coefficient (Wildman–Crippen LogP) is -1.73. The lowest BCUT2D eigenvalue weighted by atomic mass is 10.1. The van der Waals surface area contributed by atoms with Crippen LogP contribution in [-0.4, -0.2) is 70.3 Å². The van der Waals surface area contributed by atoms with E-state index in [0.717, 1.165) is 63.3 Å². The van der Waals surface area contributed by atoms with Gasteiger partial charge in [0.1, 0.15) is 26.2 Å². The number of carbonyl (C=O) groups excluding carboxylic acids is 2. The Morgan fingerprint density at radius 2 is 1.75 bits per heavy atom. The molecule has 0 spiro atoms. The Morgan fingerprint density at radius 3 is 2.39 bits per heavy atom. The highest BCUT2D eigenvalue weighted by Crippen LogP contribution is 2.14. The highest BCUT2D eigenvalue weighted by atomic mass is 16.5. The number of rotatable bonds is 8. The maximum atomic E-state index is 12.4. The van der Waals surface area contributed by atoms with Crippen LogP contribution in [-0.2, 0) is 20.7 Å². The van der Waals surface area contributed by atoms with E-state index < -0.39 is 0 Å². The fraction of sp³-hybridized carbons (Fsp3) is 0.619. The quantitative estimate of drug-likeness (QED) is 0.426. The monoisotopic (exact) mass is 390 g/mol. The van der Waals surface area contributed by atoms with Crippen molar-refractivity contribution in [2.75, 3.05) is 57.7 Å². The summed E-state index contributed by atoms with van der Waals surface area (Å²) in [6, 6.07) is 7.96. The second kappa shape index (κ2) is 10.5. The van der Waals surface area contributed by atoms with Crippen molar-refractivity contribution in [1.29, 1.82) is 0 Å². The molecule has 28 heavy (non-hydrogen) atoms. The summed E-state index contributed by atoms with van der Waals surface area (Å²) in [6.45, 7) is 8.19. The number of piperazine rings is 1. The number of para-hydroxylation sites is 1. The lowest BCUT2D eigenvalue weighted by Gasteiger charge is -2.29. The zero-order valence-corrected chi connectivity index (χ0v) is 16.9. The van der Waals surface area contributed by atoms with E-state index in [1.807, 2.05) is 18.2 Å². The first kappa shape index (κ1) is 20.8. The largest absolute Gasteiger partial charge is 0.376 e. The van der Waals surface area contributed by atoms with Gasteiger partial charge in [0.2, 0.25) is 0 Å². The zero-order chi connectivity index (χ0) is 19.8. The molecule has 154 valence electrons. The van der Waals surface area contributed by atoms with Crippen molar-refractivity contribution in [3.8, 4) is 0 Å². The second-order valence-corrected chi connectivity index (χ2v) is 7.85. The average molecular weight is 391 g/mol. The van der Waals surface area contributed by atoms with Gasteiger partial charge in [0.25, 0.3) is 11.8 Å². The van der Waals surface area contributed by atoms with Crippen LogP contribution < -0.4 is 20.4 Å². The third-order valence-corrected chi connectivity index (χ3v) is 5.71. The maximum Gasteiger partial charge on any atom is 0.279 e. The van der Waals surface area contributed by atoms with Crippen LogP contribution in [0.1, 0.15) is 25.3 Å². The predicted molar refractivity (Wildman–Crippen MR) is 108 cm³/mol. The summed E-state index contributed by atoms with van der Waals surface area (Å²) >= 11 is 0. The molecule has 0 radical (unpaired) electrons. The first-order valence-corrected chi connectivity index (χ1v) is 10.6. The van der Waals surface area contributed by atoms with Gasteiger partial charge in [-0.3, -0.25) is 9.59 Å². The summed E-state index contributed by atoms with van der Waals surface area (Å²) in [4.78, 5) is 27.1. The van der Waals surface area contributed by atoms with Crippen molar-refractivity contribution in [2.45, 2.75) is 32.3 Å². The lowest BCUT2D eigenvalue weighted by molar-refractivity contribution is -1.00. The third kappa shape index (κ3) is 6.29. The van der Waals surface area contributed by atoms with Crippen molar-refractivity contribution in [3.63, 3.8) is 0 Å². The van der Waals surface area contributed by atoms with E-state index in [4.69, 9.17) is 4.74 Å². The fourth-order valence-corrected chi connectivity index (χ4v) is 4.01. The van der Waals surface area contributed by atoms with Crippen LogP contribution >= 0.6 is 0 Å². The van der Waals surface area contributed by atoms with E-state index in [2.05, 4.69) is 23.6 Å². The molecule has 0 aromatic heterocycles. The molecule has 0 unspecified atom stereocenters. The van der Waals surface area contributed by atoms with Gasteiger partial charge in [0.05, 0.1) is 6.10 Å². The number of benzene rings is 1. The number of hydrogen-bond donors (Lipinski definition) is 4. The first-order chi connectivity index (χ1) is 13.6. The van der Waals surface area contributed by atoms with Crippen LogP contribution in [0.3, 0.4) is 0 Å². The summed E-state index contributed by atoms with van der Waals surface area (Å²) in [7, 11) is 0. The topological polar surface area (TPSA) is 76.3 Å². The molecular formula is C21H34N4O3+2. The third-order valence-electron chi connectivity index (χ3n) is 5.71. The minimum atomic E-state index is 0.0636. The molecule has 3 rings (SSSR count). The number of aryl methyl sites for hydroxylation is 1. The van der Waals surface area contributed by atoms with E-state index in [0.29, 0.717) is 19.6 Å². The van der Waals surface area contributed by atoms with Gasteiger partial charge in [-0.05, 0) is 30.9 Å². The van der Waals surface area contributed by atoms with Gasteiger partial charge in [0, 0.05) is 18.8 Å². The van der Waals surface area contributed by atoms with Gasteiger partial charge in [-0.25, -0.2) is 0 Å². The van der Waals surface area contributed by atoms with Crippen LogP contribution in [0, 0.1) is 0 Å². The van der Waals surface area contributed by atoms with E-state index >= 15 is 0 Å². The molecule has 1 aromatic carbocycles. The Morgan fingerprint density at radius 1 is 1.07 bits per heavy atom. The summed E-state index contributed by atoms with van der Waals surface area (Å²) in [5.41, 5.74) is 2.08. The van der Waals surface area contributed by atoms with Gasteiger partial charge in [0.15, 0.2) is 13.1 Å². The Hall–Kier alpha value is -1.96. The average Bonchev–Trinajstić information content (AvgIpc) is 3.22. The molecule has 2 heterocycles. The summed E-state index contributed by atoms with van der Waals surface area (Å²) in [5.74, 6) is 0.163. The molecule has 4 N–H and O–H groups in total. The summed E-state index contributed by atoms with van der Waals surface area (Å²) in [5, 5.41) is 6.05. The van der Waals surface area contributed by atoms with E-state index in [-0.39, 0.29) is 17.9 Å². The Kier molecular flexibility index (Phi) is 7.82. The standard InChI is InChI=1S/C21H32N4O3/c1-2-17-6-3-4-8-19(17)23-21(27)16-25-11-9-24(10-12-25)15-20(26)22-14-18-7-5-13-28-18/h3-4,6,8,18H,2,5,7,9-16H2,1H3,(H,22,26)(H,23,27)/p+2/t18-/m0/s1. The molecule has 1 aromatic rings. The van der Waals surface area contributed by atoms with Crippen LogP contribution in [0.15, 0.2) is 24.3 Å². The van der Waals surface area contributed by atoms with Crippen molar-refractivity contribution in [3.05, 3.63) is 29.8 Å². The van der Waals surface area contributed by atoms with Gasteiger partial charge < -0.3 is 25.2 Å². The van der Waals surface area contributed by atoms with Gasteiger partial charge in [-0.15, -0.1) is 0 Å². The number of anilines is 1. The van der Waals surface area contributed by atoms with Gasteiger partial charge in [-0.1, -0.05) is 25.1 Å². The molecule has 2 amide bonds. The van der Waals surface area contributed by atoms with Crippen LogP contribution in [0.5, 0.6) is 0 Å². The SMILES string of the molecule is CCc1ccccc1NC(=O)C[NH+]1CC[NH+](CC(=O)NC[C@@H]2CCCO2)CC1. The number of nitrogens with one attached hydrogen (secondary N) is 4. The van der Waals surface area contributed by atoms with Gasteiger partial charge >= 0.3 is 0 Å². The molecule has 2 fully saturated rings. The fourth-order valence-electron chi connectivity index (χ4n) is 4.01. The summed E-state index contributed by atoms with van der Waals surface area (Å²) < 4.78 is 5.54. The molecule has 7 nitrogen and oxygen atoms in total.